The SMILES string of the molecule is CCCOc1ccc(Br)cc1/C=N/NC(=O)c1ccccc1Cl. The Hall–Kier alpha value is -1.85. The van der Waals surface area contributed by atoms with Gasteiger partial charge in [-0.3, -0.25) is 4.79 Å². The maximum absolute atomic E-state index is 12.0. The number of benzene rings is 2. The predicted octanol–water partition coefficient (Wildman–Crippen LogP) is 4.66. The average Bonchev–Trinajstić information content (AvgIpc) is 2.54. The number of carbonyl (C=O) groups is 1. The first-order chi connectivity index (χ1) is 11.1. The number of carbonyl (C=O) groups excluding carboxylic acids is 1. The molecule has 2 aromatic rings. The molecule has 2 rings (SSSR count). The van der Waals surface area contributed by atoms with Crippen molar-refractivity contribution < 1.29 is 9.53 Å². The van der Waals surface area contributed by atoms with E-state index in [1.165, 1.54) is 0 Å². The minimum atomic E-state index is -0.363. The molecule has 0 aliphatic heterocycles. The lowest BCUT2D eigenvalue weighted by Gasteiger charge is -2.08. The van der Waals surface area contributed by atoms with Crippen LogP contribution in [0.3, 0.4) is 0 Å². The van der Waals surface area contributed by atoms with Gasteiger partial charge in [0.25, 0.3) is 5.91 Å². The summed E-state index contributed by atoms with van der Waals surface area (Å²) in [6.07, 6.45) is 2.46. The predicted molar refractivity (Wildman–Crippen MR) is 96.4 cm³/mol. The summed E-state index contributed by atoms with van der Waals surface area (Å²) in [6, 6.07) is 12.4. The van der Waals surface area contributed by atoms with E-state index < -0.39 is 0 Å². The third-order valence-corrected chi connectivity index (χ3v) is 3.74. The highest BCUT2D eigenvalue weighted by atomic mass is 79.9. The van der Waals surface area contributed by atoms with Gasteiger partial charge in [-0.05, 0) is 36.8 Å². The lowest BCUT2D eigenvalue weighted by molar-refractivity contribution is 0.0955. The number of halogens is 2. The molecule has 0 saturated heterocycles. The molecule has 0 aliphatic rings. The lowest BCUT2D eigenvalue weighted by Crippen LogP contribution is -2.18. The molecule has 0 saturated carbocycles. The quantitative estimate of drug-likeness (QED) is 0.571. The fourth-order valence-electron chi connectivity index (χ4n) is 1.83. The van der Waals surface area contributed by atoms with Gasteiger partial charge in [0.1, 0.15) is 5.75 Å². The summed E-state index contributed by atoms with van der Waals surface area (Å²) in [4.78, 5) is 12.0. The third kappa shape index (κ3) is 5.08. The van der Waals surface area contributed by atoms with Crippen LogP contribution < -0.4 is 10.2 Å². The van der Waals surface area contributed by atoms with Gasteiger partial charge in [0.15, 0.2) is 0 Å². The zero-order valence-electron chi connectivity index (χ0n) is 12.6. The fourth-order valence-corrected chi connectivity index (χ4v) is 2.43. The number of nitrogens with zero attached hydrogens (tertiary/aromatic N) is 1. The van der Waals surface area contributed by atoms with E-state index >= 15 is 0 Å². The Morgan fingerprint density at radius 1 is 1.35 bits per heavy atom. The molecule has 0 aliphatic carbocycles. The molecule has 1 N–H and O–H groups in total. The first kappa shape index (κ1) is 17.5. The molecule has 0 heterocycles. The molecule has 4 nitrogen and oxygen atoms in total. The molecule has 0 atom stereocenters. The maximum Gasteiger partial charge on any atom is 0.272 e. The second-order valence-electron chi connectivity index (χ2n) is 4.71. The Morgan fingerprint density at radius 2 is 2.13 bits per heavy atom. The second kappa shape index (κ2) is 8.70. The Morgan fingerprint density at radius 3 is 2.87 bits per heavy atom. The highest BCUT2D eigenvalue weighted by molar-refractivity contribution is 9.10. The van der Waals surface area contributed by atoms with Crippen LogP contribution in [0.25, 0.3) is 0 Å². The van der Waals surface area contributed by atoms with Crippen molar-refractivity contribution >= 4 is 39.7 Å². The van der Waals surface area contributed by atoms with Crippen LogP contribution in [0.15, 0.2) is 52.0 Å². The summed E-state index contributed by atoms with van der Waals surface area (Å²) in [7, 11) is 0. The standard InChI is InChI=1S/C17H16BrClN2O2/c1-2-9-23-16-8-7-13(18)10-12(16)11-20-21-17(22)14-5-3-4-6-15(14)19/h3-8,10-11H,2,9H2,1H3,(H,21,22)/b20-11+. The van der Waals surface area contributed by atoms with E-state index in [2.05, 4.69) is 26.5 Å². The Balaban J connectivity index is 2.09. The molecule has 0 fully saturated rings. The number of hydrogen-bond acceptors (Lipinski definition) is 3. The maximum atomic E-state index is 12.0. The summed E-state index contributed by atoms with van der Waals surface area (Å²) in [5.41, 5.74) is 3.61. The van der Waals surface area contributed by atoms with Gasteiger partial charge in [0.2, 0.25) is 0 Å². The Kier molecular flexibility index (Phi) is 6.62. The third-order valence-electron chi connectivity index (χ3n) is 2.92. The van der Waals surface area contributed by atoms with E-state index in [0.717, 1.165) is 16.5 Å². The van der Waals surface area contributed by atoms with Crippen molar-refractivity contribution in [1.82, 2.24) is 5.43 Å². The lowest BCUT2D eigenvalue weighted by atomic mass is 10.2. The molecule has 0 bridgehead atoms. The smallest absolute Gasteiger partial charge is 0.272 e. The van der Waals surface area contributed by atoms with Crippen LogP contribution in [0.4, 0.5) is 0 Å². The van der Waals surface area contributed by atoms with E-state index in [0.29, 0.717) is 22.9 Å². The monoisotopic (exact) mass is 394 g/mol. The Bertz CT molecular complexity index is 719. The van der Waals surface area contributed by atoms with Crippen molar-refractivity contribution in [3.63, 3.8) is 0 Å². The van der Waals surface area contributed by atoms with E-state index in [1.807, 2.05) is 25.1 Å². The van der Waals surface area contributed by atoms with Crippen LogP contribution in [-0.2, 0) is 0 Å². The van der Waals surface area contributed by atoms with E-state index in [1.54, 1.807) is 30.5 Å². The van der Waals surface area contributed by atoms with Crippen LogP contribution in [0.5, 0.6) is 5.75 Å². The molecule has 0 aromatic heterocycles. The molecule has 2 aromatic carbocycles. The first-order valence-corrected chi connectivity index (χ1v) is 8.29. The number of nitrogens with one attached hydrogen (secondary N) is 1. The van der Waals surface area contributed by atoms with Crippen molar-refractivity contribution in [3.8, 4) is 5.75 Å². The fraction of sp³-hybridized carbons (Fsp3) is 0.176. The van der Waals surface area contributed by atoms with Crippen LogP contribution >= 0.6 is 27.5 Å². The van der Waals surface area contributed by atoms with Gasteiger partial charge in [-0.2, -0.15) is 5.10 Å². The molecule has 6 heteroatoms. The van der Waals surface area contributed by atoms with E-state index in [9.17, 15) is 4.79 Å². The number of amides is 1. The first-order valence-electron chi connectivity index (χ1n) is 7.12. The number of hydrogen-bond donors (Lipinski definition) is 1. The highest BCUT2D eigenvalue weighted by Crippen LogP contribution is 2.22. The highest BCUT2D eigenvalue weighted by Gasteiger charge is 2.08. The van der Waals surface area contributed by atoms with Gasteiger partial charge in [0.05, 0.1) is 23.4 Å². The molecule has 120 valence electrons. The minimum absolute atomic E-state index is 0.363. The largest absolute Gasteiger partial charge is 0.493 e. The summed E-state index contributed by atoms with van der Waals surface area (Å²) in [6.45, 7) is 2.66. The van der Waals surface area contributed by atoms with Gasteiger partial charge in [-0.15, -0.1) is 0 Å². The van der Waals surface area contributed by atoms with Crippen molar-refractivity contribution in [2.75, 3.05) is 6.61 Å². The average molecular weight is 396 g/mol. The van der Waals surface area contributed by atoms with Gasteiger partial charge < -0.3 is 4.74 Å². The summed E-state index contributed by atoms with van der Waals surface area (Å²) in [5.74, 6) is 0.351. The van der Waals surface area contributed by atoms with Crippen molar-refractivity contribution in [3.05, 3.63) is 63.1 Å². The molecule has 0 radical (unpaired) electrons. The molecule has 0 unspecified atom stereocenters. The summed E-state index contributed by atoms with van der Waals surface area (Å²) in [5, 5.41) is 4.37. The van der Waals surface area contributed by atoms with Gasteiger partial charge in [-0.25, -0.2) is 5.43 Å². The topological polar surface area (TPSA) is 50.7 Å². The van der Waals surface area contributed by atoms with Gasteiger partial charge in [-0.1, -0.05) is 46.6 Å². The van der Waals surface area contributed by atoms with Crippen LogP contribution in [0, 0.1) is 0 Å². The minimum Gasteiger partial charge on any atom is -0.493 e. The summed E-state index contributed by atoms with van der Waals surface area (Å²) < 4.78 is 6.56. The van der Waals surface area contributed by atoms with Crippen molar-refractivity contribution in [2.45, 2.75) is 13.3 Å². The number of hydrazone groups is 1. The molecule has 1 amide bonds. The molecular formula is C17H16BrClN2O2. The zero-order valence-corrected chi connectivity index (χ0v) is 14.9. The normalized spacial score (nSPS) is 10.7. The van der Waals surface area contributed by atoms with Crippen molar-refractivity contribution in [1.29, 1.82) is 0 Å². The van der Waals surface area contributed by atoms with E-state index in [-0.39, 0.29) is 5.91 Å². The Labute approximate surface area is 148 Å². The molecule has 23 heavy (non-hydrogen) atoms. The van der Waals surface area contributed by atoms with Gasteiger partial charge in [0, 0.05) is 10.0 Å². The van der Waals surface area contributed by atoms with Crippen molar-refractivity contribution in [2.24, 2.45) is 5.10 Å². The number of rotatable bonds is 6. The van der Waals surface area contributed by atoms with Crippen LogP contribution in [-0.4, -0.2) is 18.7 Å². The van der Waals surface area contributed by atoms with Crippen LogP contribution in [0.1, 0.15) is 29.3 Å². The zero-order chi connectivity index (χ0) is 16.7. The second-order valence-corrected chi connectivity index (χ2v) is 6.03. The number of ether oxygens (including phenoxy) is 1. The molecular weight excluding hydrogens is 380 g/mol. The van der Waals surface area contributed by atoms with Gasteiger partial charge >= 0.3 is 0 Å². The van der Waals surface area contributed by atoms with E-state index in [4.69, 9.17) is 16.3 Å². The van der Waals surface area contributed by atoms with Crippen LogP contribution in [0.2, 0.25) is 5.02 Å². The molecule has 0 spiro atoms. The summed E-state index contributed by atoms with van der Waals surface area (Å²) >= 11 is 9.39.